The fourth-order valence-corrected chi connectivity index (χ4v) is 4.41. The summed E-state index contributed by atoms with van der Waals surface area (Å²) in [5.74, 6) is -0.317. The molecule has 1 aliphatic heterocycles. The number of anilines is 1. The second-order valence-electron chi connectivity index (χ2n) is 6.31. The molecular weight excluding hydrogens is 386 g/mol. The minimum Gasteiger partial charge on any atom is -0.377 e. The number of hydrogen-bond acceptors (Lipinski definition) is 4. The number of nitrogens with one attached hydrogen (secondary N) is 1. The van der Waals surface area contributed by atoms with Gasteiger partial charge in [-0.2, -0.15) is 0 Å². The summed E-state index contributed by atoms with van der Waals surface area (Å²) in [6.07, 6.45) is 4.52. The van der Waals surface area contributed by atoms with Gasteiger partial charge in [-0.05, 0) is 60.9 Å². The van der Waals surface area contributed by atoms with E-state index in [2.05, 4.69) is 5.32 Å². The minimum atomic E-state index is -3.40. The molecule has 1 saturated heterocycles. The first-order valence-electron chi connectivity index (χ1n) is 8.61. The average molecular weight is 406 g/mol. The molecule has 27 heavy (non-hydrogen) atoms. The molecule has 1 aliphatic rings. The Morgan fingerprint density at radius 3 is 2.48 bits per heavy atom. The standard InChI is InChI=1S/C20H20ClNO4S/c21-16-6-3-15(4-7-16)5-12-20(23)22-17-8-10-19(11-9-17)27(24,25)14-18-2-1-13-26-18/h3-12,18H,1-2,13-14H2,(H,22,23). The van der Waals surface area contributed by atoms with Crippen molar-refractivity contribution in [3.05, 3.63) is 65.2 Å². The van der Waals surface area contributed by atoms with E-state index in [0.717, 1.165) is 18.4 Å². The van der Waals surface area contributed by atoms with E-state index in [1.54, 1.807) is 42.5 Å². The summed E-state index contributed by atoms with van der Waals surface area (Å²) in [5.41, 5.74) is 1.38. The first-order chi connectivity index (χ1) is 12.9. The maximum Gasteiger partial charge on any atom is 0.248 e. The Hall–Kier alpha value is -2.15. The fraction of sp³-hybridized carbons (Fsp3) is 0.250. The summed E-state index contributed by atoms with van der Waals surface area (Å²) in [4.78, 5) is 12.2. The summed E-state index contributed by atoms with van der Waals surface area (Å²) < 4.78 is 30.2. The molecule has 0 bridgehead atoms. The van der Waals surface area contributed by atoms with Crippen LogP contribution in [0, 0.1) is 0 Å². The molecule has 0 aromatic heterocycles. The van der Waals surface area contributed by atoms with E-state index in [4.69, 9.17) is 16.3 Å². The maximum absolute atomic E-state index is 12.4. The van der Waals surface area contributed by atoms with Crippen LogP contribution in [-0.4, -0.2) is 32.8 Å². The lowest BCUT2D eigenvalue weighted by Gasteiger charge is -2.10. The number of sulfone groups is 1. The molecule has 142 valence electrons. The Morgan fingerprint density at radius 2 is 1.85 bits per heavy atom. The maximum atomic E-state index is 12.4. The van der Waals surface area contributed by atoms with Gasteiger partial charge in [-0.25, -0.2) is 8.42 Å². The van der Waals surface area contributed by atoms with E-state index in [9.17, 15) is 13.2 Å². The van der Waals surface area contributed by atoms with Crippen molar-refractivity contribution in [2.45, 2.75) is 23.8 Å². The highest BCUT2D eigenvalue weighted by atomic mass is 35.5. The second kappa shape index (κ2) is 8.69. The van der Waals surface area contributed by atoms with E-state index in [1.807, 2.05) is 0 Å². The van der Waals surface area contributed by atoms with Gasteiger partial charge in [0.15, 0.2) is 9.84 Å². The highest BCUT2D eigenvalue weighted by molar-refractivity contribution is 7.91. The first-order valence-corrected chi connectivity index (χ1v) is 10.6. The highest BCUT2D eigenvalue weighted by Gasteiger charge is 2.24. The summed E-state index contributed by atoms with van der Waals surface area (Å²) in [6, 6.07) is 13.3. The molecule has 0 radical (unpaired) electrons. The molecule has 0 spiro atoms. The molecule has 1 fully saturated rings. The van der Waals surface area contributed by atoms with Crippen molar-refractivity contribution in [2.75, 3.05) is 17.7 Å². The predicted molar refractivity (Wildman–Crippen MR) is 107 cm³/mol. The van der Waals surface area contributed by atoms with Gasteiger partial charge in [-0.1, -0.05) is 23.7 Å². The van der Waals surface area contributed by atoms with Gasteiger partial charge >= 0.3 is 0 Å². The molecule has 1 amide bonds. The molecule has 1 unspecified atom stereocenters. The molecule has 7 heteroatoms. The molecule has 3 rings (SSSR count). The highest BCUT2D eigenvalue weighted by Crippen LogP contribution is 2.20. The number of carbonyl (C=O) groups excluding carboxylic acids is 1. The average Bonchev–Trinajstić information content (AvgIpc) is 3.14. The largest absolute Gasteiger partial charge is 0.377 e. The normalized spacial score (nSPS) is 17.3. The summed E-state index contributed by atoms with van der Waals surface area (Å²) in [6.45, 7) is 0.620. The van der Waals surface area contributed by atoms with E-state index in [1.165, 1.54) is 18.2 Å². The zero-order chi connectivity index (χ0) is 19.3. The molecule has 1 heterocycles. The molecule has 1 N–H and O–H groups in total. The lowest BCUT2D eigenvalue weighted by Crippen LogP contribution is -2.20. The zero-order valence-corrected chi connectivity index (χ0v) is 16.2. The number of amides is 1. The molecule has 2 aromatic rings. The topological polar surface area (TPSA) is 72.5 Å². The fourth-order valence-electron chi connectivity index (χ4n) is 2.79. The third kappa shape index (κ3) is 5.66. The third-order valence-electron chi connectivity index (χ3n) is 4.21. The van der Waals surface area contributed by atoms with E-state index in [-0.39, 0.29) is 22.7 Å². The number of benzene rings is 2. The van der Waals surface area contributed by atoms with Crippen molar-refractivity contribution >= 4 is 39.1 Å². The van der Waals surface area contributed by atoms with E-state index < -0.39 is 9.84 Å². The van der Waals surface area contributed by atoms with Crippen molar-refractivity contribution in [3.63, 3.8) is 0 Å². The van der Waals surface area contributed by atoms with Crippen molar-refractivity contribution in [2.24, 2.45) is 0 Å². The number of halogens is 1. The molecule has 0 aliphatic carbocycles. The van der Waals surface area contributed by atoms with Gasteiger partial charge in [-0.3, -0.25) is 4.79 Å². The van der Waals surface area contributed by atoms with Crippen LogP contribution in [0.15, 0.2) is 59.5 Å². The summed E-state index contributed by atoms with van der Waals surface area (Å²) >= 11 is 5.82. The minimum absolute atomic E-state index is 0.0114. The van der Waals surface area contributed by atoms with Gasteiger partial charge in [0.05, 0.1) is 16.8 Å². The van der Waals surface area contributed by atoms with Crippen LogP contribution in [0.3, 0.4) is 0 Å². The van der Waals surface area contributed by atoms with Gasteiger partial charge in [0, 0.05) is 23.4 Å². The molecular formula is C20H20ClNO4S. The first kappa shape index (κ1) is 19.6. The number of hydrogen-bond donors (Lipinski definition) is 1. The Kier molecular flexibility index (Phi) is 6.31. The van der Waals surface area contributed by atoms with Crippen LogP contribution in [0.25, 0.3) is 6.08 Å². The third-order valence-corrected chi connectivity index (χ3v) is 6.26. The summed E-state index contributed by atoms with van der Waals surface area (Å²) in [7, 11) is -3.40. The molecule has 0 saturated carbocycles. The SMILES string of the molecule is O=C(C=Cc1ccc(Cl)cc1)Nc1ccc(S(=O)(=O)CC2CCCO2)cc1. The zero-order valence-electron chi connectivity index (χ0n) is 14.6. The van der Waals surface area contributed by atoms with Crippen molar-refractivity contribution < 1.29 is 17.9 Å². The van der Waals surface area contributed by atoms with E-state index in [0.29, 0.717) is 17.3 Å². The lowest BCUT2D eigenvalue weighted by atomic mass is 10.2. The van der Waals surface area contributed by atoms with Crippen LogP contribution in [-0.2, 0) is 19.4 Å². The van der Waals surface area contributed by atoms with Crippen LogP contribution in [0.5, 0.6) is 0 Å². The Bertz CT molecular complexity index is 915. The lowest BCUT2D eigenvalue weighted by molar-refractivity contribution is -0.111. The smallest absolute Gasteiger partial charge is 0.248 e. The van der Waals surface area contributed by atoms with Gasteiger partial charge in [0.1, 0.15) is 0 Å². The Balaban J connectivity index is 1.59. The van der Waals surface area contributed by atoms with Gasteiger partial charge < -0.3 is 10.1 Å². The van der Waals surface area contributed by atoms with Gasteiger partial charge in [0.25, 0.3) is 0 Å². The Labute approximate surface area is 163 Å². The number of carbonyl (C=O) groups is 1. The molecule has 1 atom stereocenters. The molecule has 2 aromatic carbocycles. The monoisotopic (exact) mass is 405 g/mol. The van der Waals surface area contributed by atoms with Crippen LogP contribution in [0.4, 0.5) is 5.69 Å². The van der Waals surface area contributed by atoms with Crippen molar-refractivity contribution in [1.82, 2.24) is 0 Å². The van der Waals surface area contributed by atoms with Crippen LogP contribution < -0.4 is 5.32 Å². The van der Waals surface area contributed by atoms with Crippen LogP contribution in [0.2, 0.25) is 5.02 Å². The quantitative estimate of drug-likeness (QED) is 0.738. The second-order valence-corrected chi connectivity index (χ2v) is 8.79. The van der Waals surface area contributed by atoms with Gasteiger partial charge in [0.2, 0.25) is 5.91 Å². The Morgan fingerprint density at radius 1 is 1.15 bits per heavy atom. The number of rotatable bonds is 6. The van der Waals surface area contributed by atoms with Crippen molar-refractivity contribution in [1.29, 1.82) is 0 Å². The van der Waals surface area contributed by atoms with Crippen molar-refractivity contribution in [3.8, 4) is 0 Å². The number of ether oxygens (including phenoxy) is 1. The van der Waals surface area contributed by atoms with Gasteiger partial charge in [-0.15, -0.1) is 0 Å². The van der Waals surface area contributed by atoms with Crippen LogP contribution in [0.1, 0.15) is 18.4 Å². The predicted octanol–water partition coefficient (Wildman–Crippen LogP) is 3.94. The molecule has 5 nitrogen and oxygen atoms in total. The summed E-state index contributed by atoms with van der Waals surface area (Å²) in [5, 5.41) is 3.33. The van der Waals surface area contributed by atoms with Crippen LogP contribution >= 0.6 is 11.6 Å². The van der Waals surface area contributed by atoms with E-state index >= 15 is 0 Å².